The molecule has 0 spiro atoms. The van der Waals surface area contributed by atoms with Crippen molar-refractivity contribution in [2.45, 2.75) is 23.9 Å². The lowest BCUT2D eigenvalue weighted by Crippen LogP contribution is -2.48. The van der Waals surface area contributed by atoms with Gasteiger partial charge in [-0.15, -0.1) is 0 Å². The normalized spacial score (nSPS) is 11.9. The highest BCUT2D eigenvalue weighted by molar-refractivity contribution is 6.31. The maximum Gasteiger partial charge on any atom is 0.327 e. The molecule has 0 aliphatic rings. The number of halogens is 4. The van der Waals surface area contributed by atoms with Crippen molar-refractivity contribution >= 4 is 75.8 Å². The Morgan fingerprint density at radius 2 is 0.971 bits per heavy atom. The number of aromatic nitrogens is 6. The van der Waals surface area contributed by atoms with Crippen molar-refractivity contribution in [3.8, 4) is 11.3 Å². The number of hydrogen-bond acceptors (Lipinski definition) is 7. The molecule has 0 radical (unpaired) electrons. The molecule has 0 aliphatic carbocycles. The number of carboxylic acid groups (broad SMARTS) is 1. The number of rotatable bonds is 14. The van der Waals surface area contributed by atoms with E-state index in [0.717, 1.165) is 22.4 Å². The molecule has 346 valence electrons. The van der Waals surface area contributed by atoms with E-state index in [4.69, 9.17) is 46.4 Å². The van der Waals surface area contributed by atoms with Crippen molar-refractivity contribution in [1.82, 2.24) is 39.7 Å². The molecule has 18 heteroatoms. The Labute approximate surface area is 411 Å². The first-order valence-electron chi connectivity index (χ1n) is 20.9. The van der Waals surface area contributed by atoms with Crippen LogP contribution in [0.4, 0.5) is 5.69 Å². The van der Waals surface area contributed by atoms with Crippen LogP contribution >= 0.6 is 46.4 Å². The van der Waals surface area contributed by atoms with Gasteiger partial charge in [0.05, 0.1) is 18.2 Å². The molecule has 0 bridgehead atoms. The molecule has 4 N–H and O–H groups in total. The van der Waals surface area contributed by atoms with Crippen LogP contribution in [0.5, 0.6) is 0 Å². The van der Waals surface area contributed by atoms with Crippen molar-refractivity contribution in [2.24, 2.45) is 21.1 Å². The average Bonchev–Trinajstić information content (AvgIpc) is 4.07. The predicted octanol–water partition coefficient (Wildman–Crippen LogP) is 9.44. The van der Waals surface area contributed by atoms with Crippen LogP contribution in [-0.4, -0.2) is 70.0 Å². The largest absolute Gasteiger partial charge is 0.480 e. The molecule has 0 aliphatic heterocycles. The highest BCUT2D eigenvalue weighted by Gasteiger charge is 2.35. The van der Waals surface area contributed by atoms with Gasteiger partial charge in [-0.25, -0.2) is 9.78 Å². The molecule has 0 saturated heterocycles. The lowest BCUT2D eigenvalue weighted by molar-refractivity contribution is -0.139. The zero-order valence-electron chi connectivity index (χ0n) is 36.6. The van der Waals surface area contributed by atoms with Crippen LogP contribution in [0, 0.1) is 0 Å². The summed E-state index contributed by atoms with van der Waals surface area (Å²) in [4.78, 5) is 56.4. The third-order valence-corrected chi connectivity index (χ3v) is 11.9. The van der Waals surface area contributed by atoms with Crippen LogP contribution < -0.4 is 16.0 Å². The van der Waals surface area contributed by atoms with E-state index in [1.54, 1.807) is 105 Å². The molecule has 3 heterocycles. The molecule has 68 heavy (non-hydrogen) atoms. The lowest BCUT2D eigenvalue weighted by atomic mass is 9.84. The van der Waals surface area contributed by atoms with Gasteiger partial charge in [0.2, 0.25) is 5.91 Å². The van der Waals surface area contributed by atoms with E-state index >= 15 is 0 Å². The van der Waals surface area contributed by atoms with Crippen molar-refractivity contribution in [3.05, 3.63) is 212 Å². The summed E-state index contributed by atoms with van der Waals surface area (Å²) in [5.74, 6) is -3.88. The smallest absolute Gasteiger partial charge is 0.327 e. The minimum Gasteiger partial charge on any atom is -0.480 e. The van der Waals surface area contributed by atoms with Gasteiger partial charge < -0.3 is 25.6 Å². The number of carbonyl (C=O) groups excluding carboxylic acids is 3. The maximum atomic E-state index is 14.0. The van der Waals surface area contributed by atoms with E-state index in [-0.39, 0.29) is 5.69 Å². The van der Waals surface area contributed by atoms with E-state index in [1.807, 2.05) is 60.1 Å². The molecule has 2 unspecified atom stereocenters. The Morgan fingerprint density at radius 3 is 1.32 bits per heavy atom. The van der Waals surface area contributed by atoms with Crippen LogP contribution in [0.1, 0.15) is 55.1 Å². The van der Waals surface area contributed by atoms with E-state index in [9.17, 15) is 24.3 Å². The van der Waals surface area contributed by atoms with E-state index < -0.39 is 47.6 Å². The first-order chi connectivity index (χ1) is 32.7. The number of carbonyl (C=O) groups is 4. The molecule has 0 saturated carbocycles. The molecular weight excluding hydrogens is 948 g/mol. The highest BCUT2D eigenvalue weighted by Crippen LogP contribution is 2.34. The molecule has 5 aromatic carbocycles. The predicted molar refractivity (Wildman–Crippen MR) is 263 cm³/mol. The molecule has 0 fully saturated rings. The Hall–Kier alpha value is -7.23. The summed E-state index contributed by atoms with van der Waals surface area (Å²) in [6, 6.07) is 36.5. The van der Waals surface area contributed by atoms with Gasteiger partial charge in [-0.1, -0.05) is 107 Å². The van der Waals surface area contributed by atoms with Gasteiger partial charge in [-0.05, 0) is 101 Å². The van der Waals surface area contributed by atoms with Gasteiger partial charge in [0.15, 0.2) is 0 Å². The van der Waals surface area contributed by atoms with Gasteiger partial charge in [0.25, 0.3) is 11.8 Å². The quantitative estimate of drug-likeness (QED) is 0.0833. The fourth-order valence-electron chi connectivity index (χ4n) is 7.75. The number of benzene rings is 5. The fourth-order valence-corrected chi connectivity index (χ4v) is 8.54. The van der Waals surface area contributed by atoms with Gasteiger partial charge >= 0.3 is 5.97 Å². The molecule has 3 amide bonds. The minimum atomic E-state index is -1.25. The number of aliphatic carboxylic acids is 1. The number of aryl methyl sites for hydroxylation is 3. The fraction of sp³-hybridized carbons (Fsp3) is 0.140. The van der Waals surface area contributed by atoms with Crippen molar-refractivity contribution in [1.29, 1.82) is 0 Å². The molecule has 2 atom stereocenters. The van der Waals surface area contributed by atoms with Gasteiger partial charge in [0, 0.05) is 71.2 Å². The Balaban J connectivity index is 0.000000215. The topological polar surface area (TPSA) is 178 Å². The van der Waals surface area contributed by atoms with Gasteiger partial charge in [-0.2, -0.15) is 10.2 Å². The lowest BCUT2D eigenvalue weighted by Gasteiger charge is -2.28. The standard InChI is InChI=1S/C30H26Cl2N6O2.C20H17Cl2N3O3/c1-37-18-33-17-26(37)19-9-11-24(12-10-19)35-30(40)28(36-29(39)25-13-14-34-38(25)2)27(20-5-3-7-22(31)15-20)21-6-4-8-23(32)16-21;1-25-16(8-9-23-25)19(26)24-18(20(27)28)17(12-4-2-6-14(21)10-12)13-5-3-7-15(22)11-13/h3-18,27-28H,1-2H3,(H,35,40)(H,36,39);2-11,17-18H,1H3,(H,24,26)(H,27,28). The summed E-state index contributed by atoms with van der Waals surface area (Å²) in [5.41, 5.74) is 5.82. The van der Waals surface area contributed by atoms with Gasteiger partial charge in [0.1, 0.15) is 23.5 Å². The first-order valence-corrected chi connectivity index (χ1v) is 22.4. The molecule has 3 aromatic heterocycles. The summed E-state index contributed by atoms with van der Waals surface area (Å²) in [6.07, 6.45) is 6.50. The Morgan fingerprint density at radius 1 is 0.559 bits per heavy atom. The Kier molecular flexibility index (Phi) is 15.8. The van der Waals surface area contributed by atoms with Crippen LogP contribution in [-0.2, 0) is 30.7 Å². The monoisotopic (exact) mass is 989 g/mol. The highest BCUT2D eigenvalue weighted by atomic mass is 35.5. The molecule has 8 rings (SSSR count). The van der Waals surface area contributed by atoms with Crippen molar-refractivity contribution in [2.75, 3.05) is 5.32 Å². The summed E-state index contributed by atoms with van der Waals surface area (Å²) < 4.78 is 4.75. The van der Waals surface area contributed by atoms with Crippen molar-refractivity contribution in [3.63, 3.8) is 0 Å². The number of anilines is 1. The SMILES string of the molecule is Cn1cncc1-c1ccc(NC(=O)C(NC(=O)c2ccnn2C)C(c2cccc(Cl)c2)c2cccc(Cl)c2)cc1.Cn1nccc1C(=O)NC(C(=O)O)C(c1cccc(Cl)c1)c1cccc(Cl)c1. The average molecular weight is 992 g/mol. The number of imidazole rings is 1. The second-order valence-electron chi connectivity index (χ2n) is 15.6. The van der Waals surface area contributed by atoms with Crippen LogP contribution in [0.25, 0.3) is 11.3 Å². The van der Waals surface area contributed by atoms with E-state index in [2.05, 4.69) is 31.1 Å². The number of amides is 3. The zero-order valence-corrected chi connectivity index (χ0v) is 39.6. The summed E-state index contributed by atoms with van der Waals surface area (Å²) >= 11 is 25.0. The minimum absolute atomic E-state index is 0.252. The second kappa shape index (κ2) is 22.0. The van der Waals surface area contributed by atoms with E-state index in [1.165, 1.54) is 27.8 Å². The Bertz CT molecular complexity index is 2990. The summed E-state index contributed by atoms with van der Waals surface area (Å²) in [6.45, 7) is 0. The van der Waals surface area contributed by atoms with E-state index in [0.29, 0.717) is 42.6 Å². The van der Waals surface area contributed by atoms with Crippen LogP contribution in [0.3, 0.4) is 0 Å². The number of carboxylic acids is 1. The van der Waals surface area contributed by atoms with Crippen molar-refractivity contribution < 1.29 is 24.3 Å². The number of hydrogen-bond donors (Lipinski definition) is 4. The first kappa shape index (κ1) is 48.7. The molecular formula is C50H43Cl4N9O5. The second-order valence-corrected chi connectivity index (χ2v) is 17.3. The van der Waals surface area contributed by atoms with Gasteiger partial charge in [-0.3, -0.25) is 23.7 Å². The zero-order chi connectivity index (χ0) is 48.5. The number of nitrogens with zero attached hydrogens (tertiary/aromatic N) is 6. The van der Waals surface area contributed by atoms with Crippen LogP contribution in [0.15, 0.2) is 158 Å². The third-order valence-electron chi connectivity index (χ3n) is 11.0. The number of nitrogens with one attached hydrogen (secondary N) is 3. The molecule has 8 aromatic rings. The summed E-state index contributed by atoms with van der Waals surface area (Å²) in [7, 11) is 5.19. The molecule has 14 nitrogen and oxygen atoms in total. The van der Waals surface area contributed by atoms with Crippen LogP contribution in [0.2, 0.25) is 20.1 Å². The summed E-state index contributed by atoms with van der Waals surface area (Å²) in [5, 5.41) is 28.4. The third kappa shape index (κ3) is 11.8. The maximum absolute atomic E-state index is 14.0.